The predicted octanol–water partition coefficient (Wildman–Crippen LogP) is 1.88. The zero-order chi connectivity index (χ0) is 13.0. The molecular formula is C13H16N4O. The van der Waals surface area contributed by atoms with Crippen LogP contribution in [0.15, 0.2) is 30.3 Å². The number of methoxy groups -OCH3 is 1. The third-order valence-electron chi connectivity index (χ3n) is 2.65. The molecule has 5 nitrogen and oxygen atoms in total. The summed E-state index contributed by atoms with van der Waals surface area (Å²) in [5.41, 5.74) is 5.42. The summed E-state index contributed by atoms with van der Waals surface area (Å²) in [6.07, 6.45) is 0. The maximum Gasteiger partial charge on any atom is 0.157 e. The molecule has 18 heavy (non-hydrogen) atoms. The van der Waals surface area contributed by atoms with Gasteiger partial charge in [0.15, 0.2) is 5.82 Å². The summed E-state index contributed by atoms with van der Waals surface area (Å²) in [5.74, 6) is 6.71. The number of nitrogens with two attached hydrogens (primary N) is 1. The number of nitrogen functional groups attached to an aromatic ring is 1. The highest BCUT2D eigenvalue weighted by molar-refractivity contribution is 5.67. The molecule has 0 fully saturated rings. The zero-order valence-electron chi connectivity index (χ0n) is 10.5. The van der Waals surface area contributed by atoms with E-state index < -0.39 is 0 Å². The first kappa shape index (κ1) is 12.5. The van der Waals surface area contributed by atoms with Gasteiger partial charge in [-0.2, -0.15) is 0 Å². The van der Waals surface area contributed by atoms with E-state index in [1.165, 1.54) is 0 Å². The van der Waals surface area contributed by atoms with Crippen molar-refractivity contribution in [1.29, 1.82) is 0 Å². The Hall–Kier alpha value is -1.98. The molecule has 2 aromatic rings. The van der Waals surface area contributed by atoms with E-state index >= 15 is 0 Å². The summed E-state index contributed by atoms with van der Waals surface area (Å²) in [4.78, 5) is 8.80. The van der Waals surface area contributed by atoms with Crippen LogP contribution in [0.3, 0.4) is 0 Å². The molecule has 0 saturated heterocycles. The lowest BCUT2D eigenvalue weighted by Gasteiger charge is -2.11. The number of nitrogens with one attached hydrogen (secondary N) is 1. The molecule has 0 radical (unpaired) electrons. The monoisotopic (exact) mass is 244 g/mol. The van der Waals surface area contributed by atoms with Crippen molar-refractivity contribution in [3.63, 3.8) is 0 Å². The van der Waals surface area contributed by atoms with Gasteiger partial charge in [-0.25, -0.2) is 15.8 Å². The largest absolute Gasteiger partial charge is 0.377 e. The highest BCUT2D eigenvalue weighted by Gasteiger charge is 2.11. The maximum atomic E-state index is 5.48. The Labute approximate surface area is 106 Å². The quantitative estimate of drug-likeness (QED) is 0.634. The van der Waals surface area contributed by atoms with Crippen LogP contribution in [0, 0.1) is 6.92 Å². The summed E-state index contributed by atoms with van der Waals surface area (Å²) in [6.45, 7) is 2.29. The SMILES string of the molecule is COCc1nc(NN)c(C)c(-c2ccccc2)n1. The molecule has 0 unspecified atom stereocenters. The molecule has 0 aliphatic rings. The normalized spacial score (nSPS) is 10.4. The van der Waals surface area contributed by atoms with Crippen molar-refractivity contribution >= 4 is 5.82 Å². The Morgan fingerprint density at radius 1 is 1.22 bits per heavy atom. The minimum atomic E-state index is 0.356. The van der Waals surface area contributed by atoms with Gasteiger partial charge in [-0.15, -0.1) is 0 Å². The Kier molecular flexibility index (Phi) is 3.86. The molecule has 1 aromatic carbocycles. The van der Waals surface area contributed by atoms with Crippen molar-refractivity contribution in [1.82, 2.24) is 9.97 Å². The topological polar surface area (TPSA) is 73.1 Å². The van der Waals surface area contributed by atoms with E-state index in [0.717, 1.165) is 16.8 Å². The van der Waals surface area contributed by atoms with E-state index in [2.05, 4.69) is 15.4 Å². The van der Waals surface area contributed by atoms with E-state index in [4.69, 9.17) is 10.6 Å². The van der Waals surface area contributed by atoms with Gasteiger partial charge in [0.25, 0.3) is 0 Å². The van der Waals surface area contributed by atoms with E-state index in [9.17, 15) is 0 Å². The molecule has 5 heteroatoms. The van der Waals surface area contributed by atoms with E-state index in [-0.39, 0.29) is 0 Å². The molecule has 94 valence electrons. The fraction of sp³-hybridized carbons (Fsp3) is 0.231. The molecule has 0 aliphatic heterocycles. The molecule has 0 bridgehead atoms. The molecule has 1 heterocycles. The van der Waals surface area contributed by atoms with Crippen molar-refractivity contribution < 1.29 is 4.74 Å². The van der Waals surface area contributed by atoms with Crippen LogP contribution >= 0.6 is 0 Å². The first-order valence-corrected chi connectivity index (χ1v) is 5.64. The number of hydrazine groups is 1. The van der Waals surface area contributed by atoms with Gasteiger partial charge in [0.05, 0.1) is 5.69 Å². The van der Waals surface area contributed by atoms with Crippen LogP contribution in [-0.2, 0) is 11.3 Å². The van der Waals surface area contributed by atoms with Gasteiger partial charge in [-0.05, 0) is 6.92 Å². The molecule has 0 saturated carbocycles. The van der Waals surface area contributed by atoms with Crippen LogP contribution in [-0.4, -0.2) is 17.1 Å². The van der Waals surface area contributed by atoms with Gasteiger partial charge in [0, 0.05) is 18.2 Å². The highest BCUT2D eigenvalue weighted by atomic mass is 16.5. The van der Waals surface area contributed by atoms with Crippen LogP contribution in [0.2, 0.25) is 0 Å². The summed E-state index contributed by atoms with van der Waals surface area (Å²) in [6, 6.07) is 9.93. The number of nitrogens with zero attached hydrogens (tertiary/aromatic N) is 2. The second-order valence-corrected chi connectivity index (χ2v) is 3.91. The average Bonchev–Trinajstić information content (AvgIpc) is 2.42. The second-order valence-electron chi connectivity index (χ2n) is 3.91. The van der Waals surface area contributed by atoms with Crippen LogP contribution < -0.4 is 11.3 Å². The minimum Gasteiger partial charge on any atom is -0.377 e. The van der Waals surface area contributed by atoms with Gasteiger partial charge in [-0.3, -0.25) is 0 Å². The van der Waals surface area contributed by atoms with Gasteiger partial charge in [-0.1, -0.05) is 30.3 Å². The number of hydrogen-bond acceptors (Lipinski definition) is 5. The van der Waals surface area contributed by atoms with Crippen LogP contribution in [0.1, 0.15) is 11.4 Å². The van der Waals surface area contributed by atoms with Crippen molar-refractivity contribution in [3.8, 4) is 11.3 Å². The number of ether oxygens (including phenoxy) is 1. The van der Waals surface area contributed by atoms with Crippen molar-refractivity contribution in [2.24, 2.45) is 5.84 Å². The van der Waals surface area contributed by atoms with E-state index in [1.807, 2.05) is 37.3 Å². The molecule has 0 aliphatic carbocycles. The Morgan fingerprint density at radius 3 is 2.56 bits per heavy atom. The van der Waals surface area contributed by atoms with Crippen molar-refractivity contribution in [2.75, 3.05) is 12.5 Å². The Morgan fingerprint density at radius 2 is 1.94 bits per heavy atom. The molecular weight excluding hydrogens is 228 g/mol. The van der Waals surface area contributed by atoms with Crippen LogP contribution in [0.4, 0.5) is 5.82 Å². The molecule has 0 atom stereocenters. The Bertz CT molecular complexity index is 528. The zero-order valence-corrected chi connectivity index (χ0v) is 10.5. The minimum absolute atomic E-state index is 0.356. The number of rotatable bonds is 4. The third-order valence-corrected chi connectivity index (χ3v) is 2.65. The summed E-state index contributed by atoms with van der Waals surface area (Å²) >= 11 is 0. The lowest BCUT2D eigenvalue weighted by molar-refractivity contribution is 0.178. The smallest absolute Gasteiger partial charge is 0.157 e. The fourth-order valence-electron chi connectivity index (χ4n) is 1.77. The number of hydrogen-bond donors (Lipinski definition) is 2. The van der Waals surface area contributed by atoms with Gasteiger partial charge in [0.1, 0.15) is 12.4 Å². The lowest BCUT2D eigenvalue weighted by atomic mass is 10.1. The number of benzene rings is 1. The summed E-state index contributed by atoms with van der Waals surface area (Å²) < 4.78 is 5.06. The Balaban J connectivity index is 2.55. The molecule has 2 rings (SSSR count). The molecule has 0 spiro atoms. The number of aromatic nitrogens is 2. The first-order valence-electron chi connectivity index (χ1n) is 5.64. The fourth-order valence-corrected chi connectivity index (χ4v) is 1.77. The van der Waals surface area contributed by atoms with Gasteiger partial charge in [0.2, 0.25) is 0 Å². The maximum absolute atomic E-state index is 5.48. The first-order chi connectivity index (χ1) is 8.76. The van der Waals surface area contributed by atoms with Crippen LogP contribution in [0.5, 0.6) is 0 Å². The standard InChI is InChI=1S/C13H16N4O/c1-9-12(10-6-4-3-5-7-10)15-11(8-18-2)16-13(9)17-14/h3-7H,8,14H2,1-2H3,(H,15,16,17). The van der Waals surface area contributed by atoms with Gasteiger partial charge < -0.3 is 10.2 Å². The van der Waals surface area contributed by atoms with E-state index in [1.54, 1.807) is 7.11 Å². The molecule has 1 aromatic heterocycles. The van der Waals surface area contributed by atoms with E-state index in [0.29, 0.717) is 18.2 Å². The van der Waals surface area contributed by atoms with Crippen molar-refractivity contribution in [2.45, 2.75) is 13.5 Å². The average molecular weight is 244 g/mol. The number of anilines is 1. The lowest BCUT2D eigenvalue weighted by Crippen LogP contribution is -2.13. The molecule has 0 amide bonds. The summed E-state index contributed by atoms with van der Waals surface area (Å²) in [7, 11) is 1.61. The van der Waals surface area contributed by atoms with Crippen molar-refractivity contribution in [3.05, 3.63) is 41.7 Å². The highest BCUT2D eigenvalue weighted by Crippen LogP contribution is 2.25. The second kappa shape index (κ2) is 5.57. The predicted molar refractivity (Wildman–Crippen MR) is 70.7 cm³/mol. The van der Waals surface area contributed by atoms with Crippen LogP contribution in [0.25, 0.3) is 11.3 Å². The van der Waals surface area contributed by atoms with Gasteiger partial charge >= 0.3 is 0 Å². The third kappa shape index (κ3) is 2.47. The summed E-state index contributed by atoms with van der Waals surface area (Å²) in [5, 5.41) is 0. The molecule has 3 N–H and O–H groups in total.